The van der Waals surface area contributed by atoms with Crippen LogP contribution in [0.4, 0.5) is 0 Å². The molecule has 0 heterocycles. The van der Waals surface area contributed by atoms with Gasteiger partial charge in [0, 0.05) is 0 Å². The van der Waals surface area contributed by atoms with E-state index >= 15 is 0 Å². The lowest BCUT2D eigenvalue weighted by atomic mass is 10.1. The minimum absolute atomic E-state index is 0.677. The Balaban J connectivity index is 2.07. The van der Waals surface area contributed by atoms with Crippen LogP contribution in [0.2, 0.25) is 0 Å². The van der Waals surface area contributed by atoms with E-state index in [2.05, 4.69) is 67.0 Å². The highest BCUT2D eigenvalue weighted by molar-refractivity contribution is 14.1. The largest absolute Gasteiger partial charge is 0.492 e. The Morgan fingerprint density at radius 3 is 1.00 bits per heavy atom. The molecule has 0 fully saturated rings. The Morgan fingerprint density at radius 2 is 0.706 bits per heavy atom. The number of hydrogen-bond donors (Lipinski definition) is 2. The molecule has 6 nitrogen and oxygen atoms in total. The van der Waals surface area contributed by atoms with E-state index in [-0.39, 0.29) is 0 Å². The van der Waals surface area contributed by atoms with Crippen molar-refractivity contribution >= 4 is 45.2 Å². The van der Waals surface area contributed by atoms with Gasteiger partial charge < -0.3 is 19.1 Å². The van der Waals surface area contributed by atoms with E-state index in [9.17, 15) is 0 Å². The summed E-state index contributed by atoms with van der Waals surface area (Å²) < 4.78 is 14.3. The Labute approximate surface area is 234 Å². The van der Waals surface area contributed by atoms with E-state index in [1.54, 1.807) is 0 Å². The molecule has 0 bridgehead atoms. The monoisotopic (exact) mass is 704 g/mol. The van der Waals surface area contributed by atoms with E-state index in [1.165, 1.54) is 77.0 Å². The van der Waals surface area contributed by atoms with Crippen LogP contribution in [0.5, 0.6) is 11.5 Å². The SMILES string of the molecule is NOCCCCCCCCCCOc1cc(I)c(OCCCCCCCCCCON)cc1I. The standard InChI is InChI=1S/C26H46I2N2O4/c27-23-22-26(32-18-14-10-6-2-4-8-12-16-20-34-30)24(28)21-25(23)31-17-13-9-5-1-3-7-11-15-19-33-29/h21-22H,1-20,29-30H2. The Bertz CT molecular complexity index is 557. The van der Waals surface area contributed by atoms with Crippen molar-refractivity contribution in [1.82, 2.24) is 0 Å². The van der Waals surface area contributed by atoms with Gasteiger partial charge in [-0.3, -0.25) is 0 Å². The molecule has 0 spiro atoms. The van der Waals surface area contributed by atoms with Crippen LogP contribution in [-0.4, -0.2) is 26.4 Å². The summed E-state index contributed by atoms with van der Waals surface area (Å²) in [6.07, 6.45) is 19.5. The van der Waals surface area contributed by atoms with Crippen molar-refractivity contribution in [1.29, 1.82) is 0 Å². The van der Waals surface area contributed by atoms with Gasteiger partial charge in [-0.05, 0) is 83.0 Å². The third-order valence-corrected chi connectivity index (χ3v) is 7.50. The van der Waals surface area contributed by atoms with Gasteiger partial charge in [0.05, 0.1) is 33.6 Å². The Morgan fingerprint density at radius 1 is 0.441 bits per heavy atom. The van der Waals surface area contributed by atoms with Crippen molar-refractivity contribution in [3.63, 3.8) is 0 Å². The predicted octanol–water partition coefficient (Wildman–Crippen LogP) is 7.68. The fourth-order valence-corrected chi connectivity index (χ4v) is 4.98. The molecule has 1 aromatic carbocycles. The van der Waals surface area contributed by atoms with Crippen molar-refractivity contribution in [2.24, 2.45) is 11.8 Å². The molecule has 0 aromatic heterocycles. The van der Waals surface area contributed by atoms with Crippen LogP contribution in [0.25, 0.3) is 0 Å². The molecule has 0 aliphatic heterocycles. The first kappa shape index (κ1) is 32.1. The first-order chi connectivity index (χ1) is 16.7. The lowest BCUT2D eigenvalue weighted by molar-refractivity contribution is 0.133. The summed E-state index contributed by atoms with van der Waals surface area (Å²) in [5, 5.41) is 0. The van der Waals surface area contributed by atoms with Crippen molar-refractivity contribution in [2.75, 3.05) is 26.4 Å². The predicted molar refractivity (Wildman–Crippen MR) is 157 cm³/mol. The van der Waals surface area contributed by atoms with Gasteiger partial charge >= 0.3 is 0 Å². The summed E-state index contributed by atoms with van der Waals surface area (Å²) in [6, 6.07) is 4.22. The van der Waals surface area contributed by atoms with Gasteiger partial charge in [-0.15, -0.1) is 0 Å². The molecule has 4 N–H and O–H groups in total. The second-order valence-corrected chi connectivity index (χ2v) is 11.1. The van der Waals surface area contributed by atoms with Crippen LogP contribution in [0, 0.1) is 7.14 Å². The summed E-state index contributed by atoms with van der Waals surface area (Å²) in [6.45, 7) is 2.91. The summed E-state index contributed by atoms with van der Waals surface area (Å²) in [5.74, 6) is 12.0. The summed E-state index contributed by atoms with van der Waals surface area (Å²) in [5.41, 5.74) is 0. The molecule has 0 unspecified atom stereocenters. The molecule has 1 aromatic rings. The highest BCUT2D eigenvalue weighted by atomic mass is 127. The number of benzene rings is 1. The highest BCUT2D eigenvalue weighted by Gasteiger charge is 2.09. The van der Waals surface area contributed by atoms with Crippen molar-refractivity contribution in [2.45, 2.75) is 103 Å². The number of hydrogen-bond acceptors (Lipinski definition) is 6. The first-order valence-electron chi connectivity index (χ1n) is 13.1. The molecular weight excluding hydrogens is 658 g/mol. The number of nitrogens with two attached hydrogens (primary N) is 2. The zero-order valence-corrected chi connectivity index (χ0v) is 25.2. The van der Waals surface area contributed by atoms with Crippen LogP contribution < -0.4 is 21.3 Å². The Hall–Kier alpha value is 0.120. The van der Waals surface area contributed by atoms with Crippen LogP contribution >= 0.6 is 45.2 Å². The van der Waals surface area contributed by atoms with Crippen LogP contribution in [0.1, 0.15) is 103 Å². The lowest BCUT2D eigenvalue weighted by Gasteiger charge is -2.13. The topological polar surface area (TPSA) is 89.0 Å². The molecule has 0 aliphatic carbocycles. The molecule has 0 aliphatic rings. The minimum atomic E-state index is 0.677. The van der Waals surface area contributed by atoms with Gasteiger partial charge in [0.2, 0.25) is 0 Å². The van der Waals surface area contributed by atoms with E-state index in [4.69, 9.17) is 21.3 Å². The smallest absolute Gasteiger partial charge is 0.133 e. The quantitative estimate of drug-likeness (QED) is 0.0653. The van der Waals surface area contributed by atoms with E-state index in [0.29, 0.717) is 13.2 Å². The second-order valence-electron chi connectivity index (χ2n) is 8.81. The maximum Gasteiger partial charge on any atom is 0.133 e. The zero-order chi connectivity index (χ0) is 24.7. The minimum Gasteiger partial charge on any atom is -0.492 e. The number of ether oxygens (including phenoxy) is 2. The molecule has 0 saturated carbocycles. The van der Waals surface area contributed by atoms with Gasteiger partial charge in [-0.2, -0.15) is 0 Å². The molecule has 1 rings (SSSR count). The van der Waals surface area contributed by atoms with Crippen LogP contribution in [0.15, 0.2) is 12.1 Å². The molecule has 0 amide bonds. The number of unbranched alkanes of at least 4 members (excludes halogenated alkanes) is 14. The van der Waals surface area contributed by atoms with Crippen LogP contribution in [0.3, 0.4) is 0 Å². The Kier molecular flexibility index (Phi) is 22.2. The fraction of sp³-hybridized carbons (Fsp3) is 0.769. The third kappa shape index (κ3) is 17.5. The van der Waals surface area contributed by atoms with Gasteiger partial charge in [0.25, 0.3) is 0 Å². The number of rotatable bonds is 24. The first-order valence-corrected chi connectivity index (χ1v) is 15.2. The van der Waals surface area contributed by atoms with E-state index in [1.807, 2.05) is 0 Å². The van der Waals surface area contributed by atoms with Gasteiger partial charge in [0.1, 0.15) is 11.5 Å². The van der Waals surface area contributed by atoms with Crippen molar-refractivity contribution in [3.05, 3.63) is 19.3 Å². The van der Waals surface area contributed by atoms with E-state index in [0.717, 1.165) is 57.5 Å². The van der Waals surface area contributed by atoms with Crippen LogP contribution in [-0.2, 0) is 9.68 Å². The molecule has 0 radical (unpaired) electrons. The van der Waals surface area contributed by atoms with Crippen molar-refractivity contribution < 1.29 is 19.1 Å². The maximum atomic E-state index is 6.05. The molecule has 34 heavy (non-hydrogen) atoms. The molecule has 0 saturated heterocycles. The zero-order valence-electron chi connectivity index (χ0n) is 20.8. The lowest BCUT2D eigenvalue weighted by Crippen LogP contribution is -2.02. The average Bonchev–Trinajstić information content (AvgIpc) is 2.83. The van der Waals surface area contributed by atoms with E-state index < -0.39 is 0 Å². The molecule has 0 atom stereocenters. The highest BCUT2D eigenvalue weighted by Crippen LogP contribution is 2.31. The van der Waals surface area contributed by atoms with Gasteiger partial charge in [0.15, 0.2) is 0 Å². The normalized spacial score (nSPS) is 11.2. The fourth-order valence-electron chi connectivity index (χ4n) is 3.79. The van der Waals surface area contributed by atoms with Gasteiger partial charge in [-0.25, -0.2) is 11.8 Å². The second kappa shape index (κ2) is 23.5. The molecule has 198 valence electrons. The van der Waals surface area contributed by atoms with Gasteiger partial charge in [-0.1, -0.05) is 77.0 Å². The summed E-state index contributed by atoms with van der Waals surface area (Å²) in [4.78, 5) is 9.19. The maximum absolute atomic E-state index is 6.05. The van der Waals surface area contributed by atoms with Crippen molar-refractivity contribution in [3.8, 4) is 11.5 Å². The third-order valence-electron chi connectivity index (χ3n) is 5.81. The molecule has 8 heteroatoms. The molecular formula is C26H46I2N2O4. The number of halogens is 2. The summed E-state index contributed by atoms with van der Waals surface area (Å²) in [7, 11) is 0. The summed E-state index contributed by atoms with van der Waals surface area (Å²) >= 11 is 4.70. The average molecular weight is 704 g/mol.